The highest BCUT2D eigenvalue weighted by atomic mass is 35.5. The topological polar surface area (TPSA) is 71.4 Å². The van der Waals surface area contributed by atoms with Crippen LogP contribution >= 0.6 is 23.8 Å². The van der Waals surface area contributed by atoms with E-state index in [0.29, 0.717) is 15.8 Å². The Hall–Kier alpha value is -4.24. The number of nitrogens with one attached hydrogen (secondary N) is 2. The van der Waals surface area contributed by atoms with E-state index in [-0.39, 0.29) is 24.6 Å². The number of amides is 1. The maximum Gasteiger partial charge on any atom is 0.250 e. The van der Waals surface area contributed by atoms with Gasteiger partial charge in [0.25, 0.3) is 0 Å². The van der Waals surface area contributed by atoms with Crippen molar-refractivity contribution in [3.63, 3.8) is 0 Å². The molecule has 7 nitrogen and oxygen atoms in total. The van der Waals surface area contributed by atoms with Gasteiger partial charge in [-0.15, -0.1) is 0 Å². The number of carbonyl (C=O) groups excluding carboxylic acids is 1. The van der Waals surface area contributed by atoms with E-state index < -0.39 is 0 Å². The zero-order valence-corrected chi connectivity index (χ0v) is 23.2. The summed E-state index contributed by atoms with van der Waals surface area (Å²) >= 11 is 12.5. The fraction of sp³-hybridized carbons (Fsp3) is 0.129. The third-order valence-electron chi connectivity index (χ3n) is 6.97. The normalized spacial score (nSPS) is 16.8. The highest BCUT2D eigenvalue weighted by Gasteiger charge is 2.42. The first-order valence-electron chi connectivity index (χ1n) is 12.8. The molecule has 1 amide bonds. The van der Waals surface area contributed by atoms with Crippen molar-refractivity contribution in [2.45, 2.75) is 12.1 Å². The number of ether oxygens (including phenoxy) is 1. The fourth-order valence-corrected chi connectivity index (χ4v) is 5.77. The SMILES string of the molecule is COCC(=O)Nc1ccc(N2C(=S)N[C@@H](c3ccccn3)[C@H]2c2cccn2-c2ccc3ccccc3c2)cc1Cl. The molecular formula is C31H26ClN5O2S. The van der Waals surface area contributed by atoms with Gasteiger partial charge in [-0.3, -0.25) is 9.78 Å². The van der Waals surface area contributed by atoms with Gasteiger partial charge in [0, 0.05) is 36.6 Å². The molecule has 1 aliphatic heterocycles. The van der Waals surface area contributed by atoms with Gasteiger partial charge in [0.05, 0.1) is 22.4 Å². The lowest BCUT2D eigenvalue weighted by Crippen LogP contribution is -2.30. The molecule has 3 heterocycles. The summed E-state index contributed by atoms with van der Waals surface area (Å²) in [6.45, 7) is -0.0577. The summed E-state index contributed by atoms with van der Waals surface area (Å²) in [4.78, 5) is 18.8. The smallest absolute Gasteiger partial charge is 0.250 e. The third kappa shape index (κ3) is 4.93. The average molecular weight is 568 g/mol. The molecule has 0 unspecified atom stereocenters. The Morgan fingerprint density at radius 1 is 1.00 bits per heavy atom. The molecule has 0 radical (unpaired) electrons. The van der Waals surface area contributed by atoms with Crippen LogP contribution in [0.3, 0.4) is 0 Å². The lowest BCUT2D eigenvalue weighted by Gasteiger charge is -2.29. The van der Waals surface area contributed by atoms with E-state index in [4.69, 9.17) is 28.6 Å². The van der Waals surface area contributed by atoms with Crippen molar-refractivity contribution in [2.75, 3.05) is 23.9 Å². The number of anilines is 2. The van der Waals surface area contributed by atoms with Crippen molar-refractivity contribution in [2.24, 2.45) is 0 Å². The predicted octanol–water partition coefficient (Wildman–Crippen LogP) is 6.44. The number of hydrogen-bond donors (Lipinski definition) is 2. The van der Waals surface area contributed by atoms with E-state index in [1.807, 2.05) is 48.5 Å². The fourth-order valence-electron chi connectivity index (χ4n) is 5.20. The Balaban J connectivity index is 1.44. The number of halogens is 1. The maximum atomic E-state index is 12.1. The highest BCUT2D eigenvalue weighted by Crippen LogP contribution is 2.43. The largest absolute Gasteiger partial charge is 0.375 e. The molecule has 5 aromatic rings. The summed E-state index contributed by atoms with van der Waals surface area (Å²) in [6.07, 6.45) is 3.85. The van der Waals surface area contributed by atoms with Gasteiger partial charge < -0.3 is 24.8 Å². The van der Waals surface area contributed by atoms with Crippen LogP contribution in [0.1, 0.15) is 23.5 Å². The Bertz CT molecular complexity index is 1710. The molecule has 40 heavy (non-hydrogen) atoms. The Morgan fingerprint density at radius 2 is 1.80 bits per heavy atom. The van der Waals surface area contributed by atoms with Crippen molar-refractivity contribution < 1.29 is 9.53 Å². The summed E-state index contributed by atoms with van der Waals surface area (Å²) in [5.41, 5.74) is 4.25. The van der Waals surface area contributed by atoms with E-state index >= 15 is 0 Å². The number of methoxy groups -OCH3 is 1. The minimum absolute atomic E-state index is 0.0577. The van der Waals surface area contributed by atoms with E-state index in [9.17, 15) is 4.79 Å². The zero-order chi connectivity index (χ0) is 27.6. The zero-order valence-electron chi connectivity index (χ0n) is 21.6. The van der Waals surface area contributed by atoms with Crippen LogP contribution in [-0.2, 0) is 9.53 Å². The van der Waals surface area contributed by atoms with Gasteiger partial charge >= 0.3 is 0 Å². The second kappa shape index (κ2) is 11.1. The summed E-state index contributed by atoms with van der Waals surface area (Å²) in [6, 6.07) is 29.8. The van der Waals surface area contributed by atoms with E-state index in [2.05, 4.69) is 67.7 Å². The van der Waals surface area contributed by atoms with Gasteiger partial charge in [0.1, 0.15) is 12.6 Å². The molecular weight excluding hydrogens is 542 g/mol. The number of nitrogens with zero attached hydrogens (tertiary/aromatic N) is 3. The molecule has 3 aromatic carbocycles. The van der Waals surface area contributed by atoms with Crippen molar-refractivity contribution in [1.82, 2.24) is 14.9 Å². The number of aromatic nitrogens is 2. The van der Waals surface area contributed by atoms with Crippen LogP contribution in [0, 0.1) is 0 Å². The van der Waals surface area contributed by atoms with Crippen LogP contribution in [0.5, 0.6) is 0 Å². The van der Waals surface area contributed by atoms with Crippen molar-refractivity contribution in [1.29, 1.82) is 0 Å². The molecule has 200 valence electrons. The quantitative estimate of drug-likeness (QED) is 0.221. The number of rotatable bonds is 7. The highest BCUT2D eigenvalue weighted by molar-refractivity contribution is 7.80. The molecule has 1 aliphatic rings. The predicted molar refractivity (Wildman–Crippen MR) is 163 cm³/mol. The first-order valence-corrected chi connectivity index (χ1v) is 13.6. The lowest BCUT2D eigenvalue weighted by atomic mass is 10.0. The average Bonchev–Trinajstić information content (AvgIpc) is 3.59. The molecule has 0 aliphatic carbocycles. The van der Waals surface area contributed by atoms with Crippen molar-refractivity contribution >= 4 is 57.0 Å². The van der Waals surface area contributed by atoms with E-state index in [1.165, 1.54) is 12.5 Å². The first-order chi connectivity index (χ1) is 19.5. The molecule has 1 saturated heterocycles. The molecule has 0 bridgehead atoms. The molecule has 9 heteroatoms. The van der Waals surface area contributed by atoms with Crippen LogP contribution in [-0.4, -0.2) is 34.3 Å². The molecule has 1 fully saturated rings. The van der Waals surface area contributed by atoms with Crippen LogP contribution in [0.25, 0.3) is 16.5 Å². The molecule has 2 atom stereocenters. The van der Waals surface area contributed by atoms with Gasteiger partial charge in [-0.1, -0.05) is 48.0 Å². The molecule has 6 rings (SSSR count). The van der Waals surface area contributed by atoms with Crippen LogP contribution in [0.4, 0.5) is 11.4 Å². The number of carbonyl (C=O) groups is 1. The second-order valence-electron chi connectivity index (χ2n) is 9.48. The number of thiocarbonyl (C=S) groups is 1. The van der Waals surface area contributed by atoms with Crippen LogP contribution in [0.15, 0.2) is 103 Å². The van der Waals surface area contributed by atoms with Gasteiger partial charge in [-0.05, 0) is 77.6 Å². The van der Waals surface area contributed by atoms with Gasteiger partial charge in [0.15, 0.2) is 5.11 Å². The number of benzene rings is 3. The minimum atomic E-state index is -0.281. The Morgan fingerprint density at radius 3 is 2.58 bits per heavy atom. The van der Waals surface area contributed by atoms with Crippen molar-refractivity contribution in [3.8, 4) is 5.69 Å². The molecule has 0 spiro atoms. The Labute approximate surface area is 242 Å². The second-order valence-corrected chi connectivity index (χ2v) is 10.3. The van der Waals surface area contributed by atoms with Crippen LogP contribution in [0.2, 0.25) is 5.02 Å². The molecule has 0 saturated carbocycles. The van der Waals surface area contributed by atoms with Crippen LogP contribution < -0.4 is 15.5 Å². The lowest BCUT2D eigenvalue weighted by molar-refractivity contribution is -0.119. The monoisotopic (exact) mass is 567 g/mol. The summed E-state index contributed by atoms with van der Waals surface area (Å²) in [5, 5.41) is 9.58. The standard InChI is InChI=1S/C31H26ClN5O2S/c1-39-19-28(38)34-25-14-13-23(18-24(25)32)37-30(29(35-31(37)40)26-9-4-5-15-33-26)27-10-6-16-36(27)22-12-11-20-7-2-3-8-21(20)17-22/h2-18,29-30H,19H2,1H3,(H,34,38)(H,35,40)/t29-,30+/m0/s1. The first kappa shape index (κ1) is 26.0. The van der Waals surface area contributed by atoms with Crippen molar-refractivity contribution in [3.05, 3.63) is 120 Å². The summed E-state index contributed by atoms with van der Waals surface area (Å²) in [7, 11) is 1.47. The summed E-state index contributed by atoms with van der Waals surface area (Å²) in [5.74, 6) is -0.281. The third-order valence-corrected chi connectivity index (χ3v) is 7.60. The van der Waals surface area contributed by atoms with Gasteiger partial charge in [-0.2, -0.15) is 0 Å². The van der Waals surface area contributed by atoms with Gasteiger partial charge in [0.2, 0.25) is 5.91 Å². The summed E-state index contributed by atoms with van der Waals surface area (Å²) < 4.78 is 7.11. The van der Waals surface area contributed by atoms with Gasteiger partial charge in [-0.25, -0.2) is 0 Å². The number of pyridine rings is 1. The van der Waals surface area contributed by atoms with E-state index in [1.54, 1.807) is 12.3 Å². The molecule has 2 N–H and O–H groups in total. The number of fused-ring (bicyclic) bond motifs is 1. The number of hydrogen-bond acceptors (Lipinski definition) is 4. The molecule has 2 aromatic heterocycles. The van der Waals surface area contributed by atoms with E-state index in [0.717, 1.165) is 28.1 Å². The Kier molecular flexibility index (Phi) is 7.21. The maximum absolute atomic E-state index is 12.1. The minimum Gasteiger partial charge on any atom is -0.375 e.